The average molecular weight is 550 g/mol. The molecular formula is C30H47BrNO3+. The van der Waals surface area contributed by atoms with Crippen LogP contribution in [0.4, 0.5) is 0 Å². The molecule has 2 aromatic rings. The smallest absolute Gasteiger partial charge is 0.119 e. The lowest BCUT2D eigenvalue weighted by atomic mass is 9.72. The molecule has 196 valence electrons. The van der Waals surface area contributed by atoms with E-state index in [9.17, 15) is 0 Å². The lowest BCUT2D eigenvalue weighted by Gasteiger charge is -2.33. The predicted molar refractivity (Wildman–Crippen MR) is 150 cm³/mol. The number of hydrogen-bond acceptors (Lipinski definition) is 3. The summed E-state index contributed by atoms with van der Waals surface area (Å²) in [5, 5.41) is 1.03. The molecule has 0 fully saturated rings. The van der Waals surface area contributed by atoms with Crippen molar-refractivity contribution in [3.05, 3.63) is 59.7 Å². The number of ether oxygens (including phenoxy) is 3. The third-order valence-corrected chi connectivity index (χ3v) is 6.56. The molecule has 0 aliphatic heterocycles. The maximum atomic E-state index is 5.88. The van der Waals surface area contributed by atoms with E-state index in [0.29, 0.717) is 18.6 Å². The summed E-state index contributed by atoms with van der Waals surface area (Å²) in [5.74, 6) is 1.86. The van der Waals surface area contributed by atoms with Crippen molar-refractivity contribution in [2.75, 3.05) is 45.4 Å². The minimum atomic E-state index is 0.150. The Bertz CT molecular complexity index is 828. The molecule has 0 aromatic heterocycles. The second-order valence-electron chi connectivity index (χ2n) is 11.4. The number of unbranched alkanes of at least 4 members (excludes halogenated alkanes) is 1. The first-order chi connectivity index (χ1) is 16.6. The molecule has 0 saturated heterocycles. The van der Waals surface area contributed by atoms with Crippen molar-refractivity contribution in [1.82, 2.24) is 0 Å². The van der Waals surface area contributed by atoms with Gasteiger partial charge in [-0.3, -0.25) is 0 Å². The summed E-state index contributed by atoms with van der Waals surface area (Å²) in [7, 11) is 2.20. The molecule has 1 atom stereocenters. The van der Waals surface area contributed by atoms with Crippen LogP contribution >= 0.6 is 15.9 Å². The predicted octanol–water partition coefficient (Wildman–Crippen LogP) is 6.06. The average Bonchev–Trinajstić information content (AvgIpc) is 2.79. The molecule has 0 radical (unpaired) electrons. The molecule has 0 bridgehead atoms. The van der Waals surface area contributed by atoms with Gasteiger partial charge < -0.3 is 19.1 Å². The second kappa shape index (κ2) is 14.9. The minimum Gasteiger partial charge on any atom is -0.494 e. The molecule has 35 heavy (non-hydrogen) atoms. The van der Waals surface area contributed by atoms with E-state index in [1.54, 1.807) is 0 Å². The van der Waals surface area contributed by atoms with E-state index in [1.165, 1.54) is 16.0 Å². The van der Waals surface area contributed by atoms with Gasteiger partial charge in [0, 0.05) is 10.9 Å². The Morgan fingerprint density at radius 1 is 0.743 bits per heavy atom. The zero-order valence-electron chi connectivity index (χ0n) is 22.8. The Balaban J connectivity index is 1.60. The van der Waals surface area contributed by atoms with Crippen molar-refractivity contribution in [3.63, 3.8) is 0 Å². The summed E-state index contributed by atoms with van der Waals surface area (Å²) in [5.41, 5.74) is 3.12. The number of alkyl halides is 1. The Labute approximate surface area is 222 Å². The van der Waals surface area contributed by atoms with Gasteiger partial charge >= 0.3 is 0 Å². The fourth-order valence-electron chi connectivity index (χ4n) is 4.52. The van der Waals surface area contributed by atoms with E-state index in [0.717, 1.165) is 62.4 Å². The van der Waals surface area contributed by atoms with E-state index >= 15 is 0 Å². The largest absolute Gasteiger partial charge is 0.494 e. The summed E-state index contributed by atoms with van der Waals surface area (Å²) >= 11 is 3.45. The van der Waals surface area contributed by atoms with Gasteiger partial charge in [0.15, 0.2) is 0 Å². The maximum Gasteiger partial charge on any atom is 0.119 e. The SMILES string of the molecule is C[NH+](CCOCCOc1ccc(C(C)(C)CC(C)(C)C)cc1)Cc1ccc(OCCCCBr)cc1. The molecule has 0 aliphatic carbocycles. The number of benzene rings is 2. The number of nitrogens with one attached hydrogen (secondary N) is 1. The van der Waals surface area contributed by atoms with Crippen LogP contribution in [-0.2, 0) is 16.7 Å². The Kier molecular flexibility index (Phi) is 12.6. The van der Waals surface area contributed by atoms with E-state index in [-0.39, 0.29) is 5.41 Å². The molecule has 2 aromatic carbocycles. The number of quaternary nitrogens is 1. The highest BCUT2D eigenvalue weighted by Crippen LogP contribution is 2.36. The quantitative estimate of drug-likeness (QED) is 0.204. The second-order valence-corrected chi connectivity index (χ2v) is 12.2. The fraction of sp³-hybridized carbons (Fsp3) is 0.600. The first-order valence-electron chi connectivity index (χ1n) is 13.0. The van der Waals surface area contributed by atoms with Crippen LogP contribution in [-0.4, -0.2) is 45.4 Å². The van der Waals surface area contributed by atoms with Crippen molar-refractivity contribution in [2.45, 2.75) is 65.8 Å². The van der Waals surface area contributed by atoms with Crippen molar-refractivity contribution < 1.29 is 19.1 Å². The lowest BCUT2D eigenvalue weighted by molar-refractivity contribution is -0.894. The molecule has 4 nitrogen and oxygen atoms in total. The van der Waals surface area contributed by atoms with Crippen molar-refractivity contribution >= 4 is 15.9 Å². The maximum absolute atomic E-state index is 5.88. The zero-order chi connectivity index (χ0) is 25.7. The summed E-state index contributed by atoms with van der Waals surface area (Å²) in [4.78, 5) is 1.42. The lowest BCUT2D eigenvalue weighted by Crippen LogP contribution is -3.08. The standard InChI is InChI=1S/C30H46BrNO3/c1-29(2,3)24-30(4,5)26-11-15-28(16-12-26)35-22-21-33-20-18-32(6)23-25-9-13-27(14-10-25)34-19-8-7-17-31/h9-16H,7-8,17-24H2,1-6H3/p+1. The van der Waals surface area contributed by atoms with Gasteiger partial charge in [-0.1, -0.05) is 62.7 Å². The molecule has 2 rings (SSSR count). The number of hydrogen-bond donors (Lipinski definition) is 1. The van der Waals surface area contributed by atoms with Crippen LogP contribution in [0.3, 0.4) is 0 Å². The molecule has 0 amide bonds. The molecule has 5 heteroatoms. The Morgan fingerprint density at radius 2 is 1.34 bits per heavy atom. The highest BCUT2D eigenvalue weighted by molar-refractivity contribution is 9.09. The van der Waals surface area contributed by atoms with Gasteiger partial charge in [-0.25, -0.2) is 0 Å². The van der Waals surface area contributed by atoms with E-state index in [4.69, 9.17) is 14.2 Å². The van der Waals surface area contributed by atoms with Crippen LogP contribution in [0.25, 0.3) is 0 Å². The summed E-state index contributed by atoms with van der Waals surface area (Å²) in [6, 6.07) is 17.0. The van der Waals surface area contributed by atoms with E-state index in [2.05, 4.69) is 106 Å². The van der Waals surface area contributed by atoms with Crippen molar-refractivity contribution in [3.8, 4) is 11.5 Å². The summed E-state index contributed by atoms with van der Waals surface area (Å²) in [6.07, 6.45) is 3.36. The van der Waals surface area contributed by atoms with E-state index in [1.807, 2.05) is 0 Å². The van der Waals surface area contributed by atoms with Gasteiger partial charge in [-0.2, -0.15) is 0 Å². The number of halogens is 1. The summed E-state index contributed by atoms with van der Waals surface area (Å²) < 4.78 is 17.5. The van der Waals surface area contributed by atoms with Crippen LogP contribution in [0.15, 0.2) is 48.5 Å². The van der Waals surface area contributed by atoms with Crippen molar-refractivity contribution in [2.24, 2.45) is 5.41 Å². The molecule has 1 N–H and O–H groups in total. The van der Waals surface area contributed by atoms with Crippen LogP contribution in [0.1, 0.15) is 65.0 Å². The molecule has 0 heterocycles. The van der Waals surface area contributed by atoms with Crippen LogP contribution < -0.4 is 14.4 Å². The first-order valence-corrected chi connectivity index (χ1v) is 14.1. The molecule has 0 aliphatic rings. The summed E-state index contributed by atoms with van der Waals surface area (Å²) in [6.45, 7) is 16.1. The van der Waals surface area contributed by atoms with Gasteiger partial charge in [-0.15, -0.1) is 0 Å². The van der Waals surface area contributed by atoms with Gasteiger partial charge in [0.1, 0.15) is 31.2 Å². The van der Waals surface area contributed by atoms with Crippen LogP contribution in [0.5, 0.6) is 11.5 Å². The van der Waals surface area contributed by atoms with Crippen LogP contribution in [0, 0.1) is 5.41 Å². The monoisotopic (exact) mass is 548 g/mol. The van der Waals surface area contributed by atoms with Gasteiger partial charge in [0.2, 0.25) is 0 Å². The molecule has 0 spiro atoms. The Morgan fingerprint density at radius 3 is 1.94 bits per heavy atom. The Hall–Kier alpha value is -1.56. The van der Waals surface area contributed by atoms with Gasteiger partial charge in [0.05, 0.1) is 26.9 Å². The third kappa shape index (κ3) is 12.3. The zero-order valence-corrected chi connectivity index (χ0v) is 24.4. The number of likely N-dealkylation sites (N-methyl/N-ethyl adjacent to an activating group) is 1. The normalized spacial score (nSPS) is 13.0. The minimum absolute atomic E-state index is 0.150. The molecule has 1 unspecified atom stereocenters. The highest BCUT2D eigenvalue weighted by atomic mass is 79.9. The molecule has 0 saturated carbocycles. The van der Waals surface area contributed by atoms with E-state index < -0.39 is 0 Å². The van der Waals surface area contributed by atoms with Gasteiger partial charge in [0.25, 0.3) is 0 Å². The topological polar surface area (TPSA) is 32.1 Å². The first kappa shape index (κ1) is 29.7. The van der Waals surface area contributed by atoms with Crippen LogP contribution in [0.2, 0.25) is 0 Å². The number of rotatable bonds is 16. The third-order valence-electron chi connectivity index (χ3n) is 6.00. The van der Waals surface area contributed by atoms with Crippen molar-refractivity contribution in [1.29, 1.82) is 0 Å². The highest BCUT2D eigenvalue weighted by Gasteiger charge is 2.27. The van der Waals surface area contributed by atoms with Gasteiger partial charge in [-0.05, 0) is 72.1 Å². The molecular weight excluding hydrogens is 502 g/mol. The fourth-order valence-corrected chi connectivity index (χ4v) is 4.92.